The van der Waals surface area contributed by atoms with Gasteiger partial charge in [0, 0.05) is 9.75 Å². The van der Waals surface area contributed by atoms with Crippen molar-refractivity contribution in [1.82, 2.24) is 0 Å². The van der Waals surface area contributed by atoms with E-state index < -0.39 is 11.9 Å². The fourth-order valence-electron chi connectivity index (χ4n) is 4.37. The highest BCUT2D eigenvalue weighted by Crippen LogP contribution is 2.48. The summed E-state index contributed by atoms with van der Waals surface area (Å²) in [6, 6.07) is 19.7. The molecule has 3 aromatic carbocycles. The molecule has 2 aromatic heterocycles. The molecule has 32 heavy (non-hydrogen) atoms. The summed E-state index contributed by atoms with van der Waals surface area (Å²) in [5, 5.41) is 23.4. The first-order valence-electron chi connectivity index (χ1n) is 9.98. The molecule has 4 nitrogen and oxygen atoms in total. The molecule has 0 aliphatic rings. The van der Waals surface area contributed by atoms with Gasteiger partial charge in [0.1, 0.15) is 9.75 Å². The van der Waals surface area contributed by atoms with Crippen LogP contribution in [-0.4, -0.2) is 22.2 Å². The van der Waals surface area contributed by atoms with Crippen molar-refractivity contribution in [1.29, 1.82) is 0 Å². The van der Waals surface area contributed by atoms with E-state index in [9.17, 15) is 19.8 Å². The van der Waals surface area contributed by atoms with Gasteiger partial charge in [-0.2, -0.15) is 0 Å². The topological polar surface area (TPSA) is 74.6 Å². The number of carboxylic acids is 2. The number of carbonyl (C=O) groups is 2. The molecule has 0 amide bonds. The van der Waals surface area contributed by atoms with Gasteiger partial charge in [-0.3, -0.25) is 0 Å². The minimum Gasteiger partial charge on any atom is -0.477 e. The van der Waals surface area contributed by atoms with Crippen LogP contribution in [0.3, 0.4) is 0 Å². The molecule has 6 heteroatoms. The van der Waals surface area contributed by atoms with Crippen LogP contribution in [0.1, 0.15) is 29.1 Å². The van der Waals surface area contributed by atoms with Crippen LogP contribution in [0.25, 0.3) is 43.8 Å². The number of benzene rings is 3. The molecule has 0 spiro atoms. The minimum absolute atomic E-state index is 0.286. The quantitative estimate of drug-likeness (QED) is 0.274. The summed E-state index contributed by atoms with van der Waals surface area (Å²) in [4.78, 5) is 25.8. The molecule has 0 bridgehead atoms. The second-order valence-electron chi connectivity index (χ2n) is 7.61. The Morgan fingerprint density at radius 3 is 1.28 bits per heavy atom. The second kappa shape index (κ2) is 7.58. The number of aromatic carboxylic acids is 2. The van der Waals surface area contributed by atoms with E-state index in [4.69, 9.17) is 0 Å². The maximum absolute atomic E-state index is 11.7. The number of hydrogen-bond donors (Lipinski definition) is 2. The van der Waals surface area contributed by atoms with Gasteiger partial charge in [-0.15, -0.1) is 22.7 Å². The van der Waals surface area contributed by atoms with Crippen molar-refractivity contribution < 1.29 is 19.8 Å². The molecular formula is C26H18O4S2. The third kappa shape index (κ3) is 3.11. The Morgan fingerprint density at radius 1 is 0.625 bits per heavy atom. The fraction of sp³-hybridized carbons (Fsp3) is 0.0769. The van der Waals surface area contributed by atoms with E-state index in [1.165, 1.54) is 22.7 Å². The predicted molar refractivity (Wildman–Crippen MR) is 131 cm³/mol. The zero-order valence-corrected chi connectivity index (χ0v) is 18.9. The Hall–Kier alpha value is -3.48. The van der Waals surface area contributed by atoms with Crippen molar-refractivity contribution in [2.45, 2.75) is 13.8 Å². The Bertz CT molecular complexity index is 1440. The maximum Gasteiger partial charge on any atom is 0.345 e. The summed E-state index contributed by atoms with van der Waals surface area (Å²) in [7, 11) is 0. The highest BCUT2D eigenvalue weighted by molar-refractivity contribution is 7.14. The van der Waals surface area contributed by atoms with Crippen LogP contribution >= 0.6 is 22.7 Å². The van der Waals surface area contributed by atoms with E-state index in [0.717, 1.165) is 53.6 Å². The molecule has 0 fully saturated rings. The molecule has 0 saturated heterocycles. The molecule has 0 atom stereocenters. The fourth-order valence-corrected chi connectivity index (χ4v) is 6.10. The largest absolute Gasteiger partial charge is 0.477 e. The van der Waals surface area contributed by atoms with Crippen LogP contribution in [0, 0.1) is 13.8 Å². The molecule has 0 unspecified atom stereocenters. The molecule has 0 saturated carbocycles. The van der Waals surface area contributed by atoms with Crippen LogP contribution in [0.15, 0.2) is 60.7 Å². The molecule has 0 aliphatic heterocycles. The van der Waals surface area contributed by atoms with Crippen LogP contribution < -0.4 is 0 Å². The SMILES string of the molecule is Cc1sc(C(=O)O)cc1-c1c(-c2cc(C(=O)O)sc2C)c2ccccc2c2ccccc12. The highest BCUT2D eigenvalue weighted by atomic mass is 32.1. The third-order valence-electron chi connectivity index (χ3n) is 5.73. The van der Waals surface area contributed by atoms with Crippen molar-refractivity contribution in [2.75, 3.05) is 0 Å². The number of thiophene rings is 2. The van der Waals surface area contributed by atoms with Gasteiger partial charge in [0.15, 0.2) is 0 Å². The van der Waals surface area contributed by atoms with Gasteiger partial charge in [-0.25, -0.2) is 9.59 Å². The van der Waals surface area contributed by atoms with Crippen LogP contribution in [0.5, 0.6) is 0 Å². The van der Waals surface area contributed by atoms with E-state index in [1.54, 1.807) is 12.1 Å². The van der Waals surface area contributed by atoms with E-state index >= 15 is 0 Å². The average Bonchev–Trinajstić information content (AvgIpc) is 3.35. The Balaban J connectivity index is 2.01. The minimum atomic E-state index is -0.948. The number of aryl methyl sites for hydroxylation is 2. The molecule has 0 aliphatic carbocycles. The average molecular weight is 459 g/mol. The maximum atomic E-state index is 11.7. The normalized spacial score (nSPS) is 11.3. The number of fused-ring (bicyclic) bond motifs is 3. The van der Waals surface area contributed by atoms with E-state index in [0.29, 0.717) is 0 Å². The first kappa shape index (κ1) is 20.4. The van der Waals surface area contributed by atoms with Gasteiger partial charge in [0.05, 0.1) is 0 Å². The summed E-state index contributed by atoms with van der Waals surface area (Å²) >= 11 is 2.52. The number of hydrogen-bond acceptors (Lipinski definition) is 4. The first-order valence-corrected chi connectivity index (χ1v) is 11.6. The molecule has 5 rings (SSSR count). The second-order valence-corrected chi connectivity index (χ2v) is 10.1. The summed E-state index contributed by atoms with van der Waals surface area (Å²) in [6.45, 7) is 3.87. The number of rotatable bonds is 4. The van der Waals surface area contributed by atoms with Gasteiger partial charge < -0.3 is 10.2 Å². The number of carboxylic acid groups (broad SMARTS) is 2. The Morgan fingerprint density at radius 2 is 0.969 bits per heavy atom. The molecule has 2 heterocycles. The monoisotopic (exact) mass is 458 g/mol. The summed E-state index contributed by atoms with van der Waals surface area (Å²) in [6.07, 6.45) is 0. The molecule has 158 valence electrons. The smallest absolute Gasteiger partial charge is 0.345 e. The Kier molecular flexibility index (Phi) is 4.84. The van der Waals surface area contributed by atoms with E-state index in [-0.39, 0.29) is 9.75 Å². The van der Waals surface area contributed by atoms with Crippen LogP contribution in [0.2, 0.25) is 0 Å². The van der Waals surface area contributed by atoms with Gasteiger partial charge >= 0.3 is 11.9 Å². The van der Waals surface area contributed by atoms with Gasteiger partial charge in [-0.1, -0.05) is 48.5 Å². The van der Waals surface area contributed by atoms with E-state index in [1.807, 2.05) is 38.1 Å². The molecule has 2 N–H and O–H groups in total. The van der Waals surface area contributed by atoms with Crippen molar-refractivity contribution in [3.63, 3.8) is 0 Å². The van der Waals surface area contributed by atoms with Crippen LogP contribution in [0.4, 0.5) is 0 Å². The zero-order chi connectivity index (χ0) is 22.6. The highest BCUT2D eigenvalue weighted by Gasteiger charge is 2.24. The lowest BCUT2D eigenvalue weighted by Crippen LogP contribution is -1.93. The summed E-state index contributed by atoms with van der Waals surface area (Å²) in [5.74, 6) is -1.90. The first-order chi connectivity index (χ1) is 15.4. The predicted octanol–water partition coefficient (Wildman–Crippen LogP) is 7.46. The lowest BCUT2D eigenvalue weighted by atomic mass is 9.85. The van der Waals surface area contributed by atoms with Gasteiger partial charge in [0.2, 0.25) is 0 Å². The van der Waals surface area contributed by atoms with Gasteiger partial charge in [0.25, 0.3) is 0 Å². The lowest BCUT2D eigenvalue weighted by molar-refractivity contribution is 0.0691. The molecular weight excluding hydrogens is 440 g/mol. The summed E-state index contributed by atoms with van der Waals surface area (Å²) < 4.78 is 0. The van der Waals surface area contributed by atoms with Crippen molar-refractivity contribution in [3.8, 4) is 22.3 Å². The van der Waals surface area contributed by atoms with Crippen molar-refractivity contribution in [2.24, 2.45) is 0 Å². The zero-order valence-electron chi connectivity index (χ0n) is 17.3. The molecule has 5 aromatic rings. The molecule has 0 radical (unpaired) electrons. The van der Waals surface area contributed by atoms with Crippen molar-refractivity contribution in [3.05, 3.63) is 80.2 Å². The standard InChI is InChI=1S/C26H18O4S2/c1-13-19(11-21(31-13)25(27)28)23-17-9-5-3-7-15(17)16-8-4-6-10-18(16)24(23)20-12-22(26(29)30)32-14(20)2/h3-12H,1-2H3,(H,27,28)(H,29,30). The van der Waals surface area contributed by atoms with Gasteiger partial charge in [-0.05, 0) is 69.8 Å². The van der Waals surface area contributed by atoms with Crippen LogP contribution in [-0.2, 0) is 0 Å². The third-order valence-corrected chi connectivity index (χ3v) is 7.81. The van der Waals surface area contributed by atoms with Crippen molar-refractivity contribution >= 4 is 56.2 Å². The lowest BCUT2D eigenvalue weighted by Gasteiger charge is -2.18. The summed E-state index contributed by atoms with van der Waals surface area (Å²) in [5.41, 5.74) is 3.62. The van der Waals surface area contributed by atoms with E-state index in [2.05, 4.69) is 24.3 Å². The Labute approximate surface area is 192 Å².